The lowest BCUT2D eigenvalue weighted by Gasteiger charge is -2.20. The van der Waals surface area contributed by atoms with E-state index in [1.165, 1.54) is 154 Å². The predicted octanol–water partition coefficient (Wildman–Crippen LogP) is 9.94. The van der Waals surface area contributed by atoms with Crippen LogP contribution in [0.2, 0.25) is 0 Å². The van der Waals surface area contributed by atoms with E-state index in [9.17, 15) is 0 Å². The van der Waals surface area contributed by atoms with Gasteiger partial charge in [0.1, 0.15) is 0 Å². The summed E-state index contributed by atoms with van der Waals surface area (Å²) in [6.45, 7) is 8.39. The molecule has 0 saturated carbocycles. The van der Waals surface area contributed by atoms with Crippen LogP contribution in [0.3, 0.4) is 0 Å². The molecular weight excluding hydrogens is 492 g/mol. The molecule has 3 heteroatoms. The van der Waals surface area contributed by atoms with Gasteiger partial charge in [-0.15, -0.1) is 0 Å². The average molecular weight is 561 g/mol. The Balaban J connectivity index is 2.88. The maximum atomic E-state index is 6.21. The van der Waals surface area contributed by atoms with Crippen molar-refractivity contribution in [2.45, 2.75) is 175 Å². The van der Waals surface area contributed by atoms with E-state index < -0.39 is 9.76 Å². The van der Waals surface area contributed by atoms with Crippen molar-refractivity contribution in [3.63, 3.8) is 0 Å². The fourth-order valence-corrected chi connectivity index (χ4v) is 7.16. The summed E-state index contributed by atoms with van der Waals surface area (Å²) in [6.07, 6.45) is 33.0. The molecule has 1 aromatic carbocycles. The summed E-state index contributed by atoms with van der Waals surface area (Å²) < 4.78 is 11.5. The first-order valence-electron chi connectivity index (χ1n) is 17.5. The van der Waals surface area contributed by atoms with E-state index >= 15 is 0 Å². The zero-order chi connectivity index (χ0) is 28.2. The van der Waals surface area contributed by atoms with Gasteiger partial charge in [0.15, 0.2) is 9.76 Å². The van der Waals surface area contributed by atoms with Crippen LogP contribution in [0.4, 0.5) is 0 Å². The molecule has 0 radical (unpaired) electrons. The normalized spacial score (nSPS) is 11.8. The third kappa shape index (κ3) is 19.2. The van der Waals surface area contributed by atoms with Crippen LogP contribution in [0.5, 0.6) is 0 Å². The molecule has 0 aliphatic carbocycles. The Morgan fingerprint density at radius 3 is 1.41 bits per heavy atom. The number of methoxy groups -OCH3 is 1. The molecule has 0 atom stereocenters. The Hall–Kier alpha value is -0.643. The number of aryl methyl sites for hydroxylation is 1. The molecule has 0 saturated heterocycles. The third-order valence-corrected chi connectivity index (χ3v) is 9.89. The molecule has 0 aromatic heterocycles. The Bertz CT molecular complexity index is 660. The van der Waals surface area contributed by atoms with Gasteiger partial charge in [-0.2, -0.15) is 0 Å². The molecule has 0 aliphatic heterocycles. The van der Waals surface area contributed by atoms with Crippen molar-refractivity contribution in [2.24, 2.45) is 0 Å². The van der Waals surface area contributed by atoms with Crippen LogP contribution in [0.25, 0.3) is 0 Å². The second-order valence-electron chi connectivity index (χ2n) is 12.0. The Kier molecular flexibility index (Phi) is 25.7. The third-order valence-electron chi connectivity index (χ3n) is 8.42. The lowest BCUT2D eigenvalue weighted by atomic mass is 9.90. The highest BCUT2D eigenvalue weighted by molar-refractivity contribution is 6.47. The molecule has 0 heterocycles. The van der Waals surface area contributed by atoms with E-state index in [0.717, 1.165) is 6.61 Å². The monoisotopic (exact) mass is 560 g/mol. The molecule has 228 valence electrons. The smallest absolute Gasteiger partial charge is 0.192 e. The van der Waals surface area contributed by atoms with Gasteiger partial charge in [0.2, 0.25) is 0 Å². The lowest BCUT2D eigenvalue weighted by molar-refractivity contribution is 0.150. The number of hydrogen-bond acceptors (Lipinski definition) is 2. The molecular formula is C36H68O2Si. The zero-order valence-corrected chi connectivity index (χ0v) is 28.5. The van der Waals surface area contributed by atoms with Gasteiger partial charge in [0.25, 0.3) is 0 Å². The molecule has 0 amide bonds. The van der Waals surface area contributed by atoms with Crippen molar-refractivity contribution in [1.29, 1.82) is 0 Å². The van der Waals surface area contributed by atoms with Crippen molar-refractivity contribution in [3.8, 4) is 0 Å². The maximum Gasteiger partial charge on any atom is 0.192 e. The van der Waals surface area contributed by atoms with E-state index in [1.807, 2.05) is 0 Å². The summed E-state index contributed by atoms with van der Waals surface area (Å²) in [4.78, 5) is 0. The van der Waals surface area contributed by atoms with E-state index in [0.29, 0.717) is 6.61 Å². The number of ether oxygens (including phenoxy) is 1. The van der Waals surface area contributed by atoms with E-state index in [4.69, 9.17) is 9.16 Å². The second kappa shape index (κ2) is 27.5. The minimum atomic E-state index is -0.707. The highest BCUT2D eigenvalue weighted by atomic mass is 28.2. The number of benzene rings is 1. The highest BCUT2D eigenvalue weighted by Gasteiger charge is 2.14. The zero-order valence-electron chi connectivity index (χ0n) is 27.1. The van der Waals surface area contributed by atoms with E-state index in [1.54, 1.807) is 29.0 Å². The van der Waals surface area contributed by atoms with Gasteiger partial charge < -0.3 is 9.16 Å². The molecule has 39 heavy (non-hydrogen) atoms. The van der Waals surface area contributed by atoms with Crippen LogP contribution in [-0.4, -0.2) is 30.1 Å². The first-order valence-corrected chi connectivity index (χ1v) is 18.8. The maximum absolute atomic E-state index is 6.21. The molecule has 0 fully saturated rings. The standard InChI is InChI=1S/C36H68O2Si/c1-5-8-11-14-17-20-23-26-33-29-30-36(39-38-32-31-37-4)35(28-25-22-19-16-13-10-7-3)34(33)27-24-21-18-15-12-9-6-2/h29-30H,5-28,31-32,39H2,1-4H3. The molecule has 0 N–H and O–H groups in total. The van der Waals surface area contributed by atoms with Crippen LogP contribution < -0.4 is 5.19 Å². The summed E-state index contributed by atoms with van der Waals surface area (Å²) in [6, 6.07) is 4.98. The lowest BCUT2D eigenvalue weighted by Crippen LogP contribution is -2.26. The number of rotatable bonds is 29. The van der Waals surface area contributed by atoms with E-state index in [-0.39, 0.29) is 0 Å². The van der Waals surface area contributed by atoms with Gasteiger partial charge in [-0.1, -0.05) is 148 Å². The van der Waals surface area contributed by atoms with Gasteiger partial charge in [0.05, 0.1) is 13.2 Å². The SMILES string of the molecule is CCCCCCCCCc1ccc([SiH2]OCCOC)c(CCCCCCCCC)c1CCCCCCCCC. The number of unbranched alkanes of at least 4 members (excludes halogenated alkanes) is 18. The Labute approximate surface area is 247 Å². The fraction of sp³-hybridized carbons (Fsp3) is 0.833. The summed E-state index contributed by atoms with van der Waals surface area (Å²) in [7, 11) is 1.07. The van der Waals surface area contributed by atoms with Gasteiger partial charge in [-0.05, 0) is 60.4 Å². The molecule has 0 unspecified atom stereocenters. The second-order valence-corrected chi connectivity index (χ2v) is 13.5. The molecule has 1 aromatic rings. The summed E-state index contributed by atoms with van der Waals surface area (Å²) in [5.74, 6) is 0. The van der Waals surface area contributed by atoms with Crippen LogP contribution in [-0.2, 0) is 28.4 Å². The van der Waals surface area contributed by atoms with Gasteiger partial charge in [-0.3, -0.25) is 0 Å². The Morgan fingerprint density at radius 2 is 0.923 bits per heavy atom. The van der Waals surface area contributed by atoms with Crippen molar-refractivity contribution >= 4 is 14.9 Å². The first kappa shape index (κ1) is 36.4. The van der Waals surface area contributed by atoms with Gasteiger partial charge in [0, 0.05) is 7.11 Å². The van der Waals surface area contributed by atoms with Crippen LogP contribution in [0.1, 0.15) is 172 Å². The summed E-state index contributed by atoms with van der Waals surface area (Å²) in [5.41, 5.74) is 5.11. The van der Waals surface area contributed by atoms with Crippen molar-refractivity contribution in [2.75, 3.05) is 20.3 Å². The molecule has 2 nitrogen and oxygen atoms in total. The largest absolute Gasteiger partial charge is 0.416 e. The first-order chi connectivity index (χ1) is 19.3. The molecule has 0 bridgehead atoms. The predicted molar refractivity (Wildman–Crippen MR) is 178 cm³/mol. The van der Waals surface area contributed by atoms with Crippen molar-refractivity contribution < 1.29 is 9.16 Å². The molecule has 0 aliphatic rings. The summed E-state index contributed by atoms with van der Waals surface area (Å²) in [5, 5.41) is 1.58. The minimum Gasteiger partial charge on any atom is -0.416 e. The minimum absolute atomic E-state index is 0.707. The summed E-state index contributed by atoms with van der Waals surface area (Å²) >= 11 is 0. The van der Waals surface area contributed by atoms with Gasteiger partial charge >= 0.3 is 0 Å². The Morgan fingerprint density at radius 1 is 0.487 bits per heavy atom. The molecule has 0 spiro atoms. The van der Waals surface area contributed by atoms with Crippen LogP contribution in [0, 0.1) is 0 Å². The van der Waals surface area contributed by atoms with Crippen molar-refractivity contribution in [1.82, 2.24) is 0 Å². The number of hydrogen-bond donors (Lipinski definition) is 0. The molecule has 1 rings (SSSR count). The van der Waals surface area contributed by atoms with Crippen LogP contribution >= 0.6 is 0 Å². The average Bonchev–Trinajstić information content (AvgIpc) is 2.95. The van der Waals surface area contributed by atoms with Crippen molar-refractivity contribution in [3.05, 3.63) is 28.8 Å². The highest BCUT2D eigenvalue weighted by Crippen LogP contribution is 2.23. The quantitative estimate of drug-likeness (QED) is 0.0717. The fourth-order valence-electron chi connectivity index (χ4n) is 5.90. The van der Waals surface area contributed by atoms with Crippen LogP contribution in [0.15, 0.2) is 12.1 Å². The van der Waals surface area contributed by atoms with E-state index in [2.05, 4.69) is 32.9 Å². The van der Waals surface area contributed by atoms with Gasteiger partial charge in [-0.25, -0.2) is 0 Å². The topological polar surface area (TPSA) is 18.5 Å².